The maximum atomic E-state index is 13.1. The number of hydrogen-bond acceptors (Lipinski definition) is 6. The van der Waals surface area contributed by atoms with Crippen molar-refractivity contribution < 1.29 is 19.3 Å². The normalized spacial score (nSPS) is 27.9. The van der Waals surface area contributed by atoms with Gasteiger partial charge in [-0.25, -0.2) is 4.79 Å². The molecule has 0 saturated carbocycles. The van der Waals surface area contributed by atoms with Crippen molar-refractivity contribution in [3.63, 3.8) is 0 Å². The van der Waals surface area contributed by atoms with Crippen LogP contribution in [0.4, 0.5) is 16.2 Å². The zero-order chi connectivity index (χ0) is 18.6. The van der Waals surface area contributed by atoms with Crippen LogP contribution < -0.4 is 10.2 Å². The molecule has 1 aromatic carbocycles. The highest BCUT2D eigenvalue weighted by molar-refractivity contribution is 6.20. The molecular formula is C17H18N4O5. The van der Waals surface area contributed by atoms with E-state index in [4.69, 9.17) is 0 Å². The fourth-order valence-electron chi connectivity index (χ4n) is 4.49. The first-order valence-electron chi connectivity index (χ1n) is 8.54. The van der Waals surface area contributed by atoms with Crippen molar-refractivity contribution in [1.82, 2.24) is 10.2 Å². The van der Waals surface area contributed by atoms with E-state index in [1.807, 2.05) is 4.90 Å². The van der Waals surface area contributed by atoms with Gasteiger partial charge in [0.2, 0.25) is 11.8 Å². The summed E-state index contributed by atoms with van der Waals surface area (Å²) in [7, 11) is 1.35. The Hall–Kier alpha value is -2.97. The number of nitrogens with zero attached hydrogens (tertiary/aromatic N) is 3. The van der Waals surface area contributed by atoms with E-state index in [2.05, 4.69) is 5.32 Å². The lowest BCUT2D eigenvalue weighted by atomic mass is 9.66. The Morgan fingerprint density at radius 1 is 1.27 bits per heavy atom. The van der Waals surface area contributed by atoms with Crippen LogP contribution in [0.15, 0.2) is 18.2 Å². The van der Waals surface area contributed by atoms with Gasteiger partial charge in [0.05, 0.1) is 11.0 Å². The van der Waals surface area contributed by atoms with E-state index < -0.39 is 28.2 Å². The second-order valence-electron chi connectivity index (χ2n) is 7.05. The minimum absolute atomic E-state index is 0.0491. The number of nitro groups is 1. The largest absolute Gasteiger partial charge is 0.367 e. The first-order valence-corrected chi connectivity index (χ1v) is 8.54. The van der Waals surface area contributed by atoms with E-state index in [1.54, 1.807) is 6.07 Å². The number of non-ortho nitro benzene ring substituents is 1. The van der Waals surface area contributed by atoms with Crippen molar-refractivity contribution in [2.75, 3.05) is 18.5 Å². The zero-order valence-corrected chi connectivity index (χ0v) is 14.2. The van der Waals surface area contributed by atoms with Gasteiger partial charge in [-0.15, -0.1) is 0 Å². The van der Waals surface area contributed by atoms with Crippen LogP contribution in [0.1, 0.15) is 24.8 Å². The molecule has 9 nitrogen and oxygen atoms in total. The predicted octanol–water partition coefficient (Wildman–Crippen LogP) is 1.20. The highest BCUT2D eigenvalue weighted by Gasteiger charge is 2.61. The smallest absolute Gasteiger partial charge is 0.330 e. The molecule has 0 bridgehead atoms. The summed E-state index contributed by atoms with van der Waals surface area (Å²) in [5.41, 5.74) is -0.109. The molecule has 26 heavy (non-hydrogen) atoms. The van der Waals surface area contributed by atoms with Crippen molar-refractivity contribution in [2.45, 2.75) is 31.7 Å². The van der Waals surface area contributed by atoms with Crippen LogP contribution in [0.2, 0.25) is 0 Å². The quantitative estimate of drug-likeness (QED) is 0.459. The number of nitro benzene ring substituents is 1. The molecular weight excluding hydrogens is 340 g/mol. The highest BCUT2D eigenvalue weighted by atomic mass is 16.6. The van der Waals surface area contributed by atoms with Crippen molar-refractivity contribution in [1.29, 1.82) is 0 Å². The summed E-state index contributed by atoms with van der Waals surface area (Å²) in [5, 5.41) is 13.4. The number of barbiturate groups is 1. The number of fused-ring (bicyclic) bond motifs is 4. The molecule has 136 valence electrons. The molecule has 0 aromatic heterocycles. The summed E-state index contributed by atoms with van der Waals surface area (Å²) < 4.78 is 0. The average molecular weight is 358 g/mol. The van der Waals surface area contributed by atoms with Crippen LogP contribution in [0.5, 0.6) is 0 Å². The molecule has 3 heterocycles. The van der Waals surface area contributed by atoms with E-state index in [-0.39, 0.29) is 18.2 Å². The fourth-order valence-corrected chi connectivity index (χ4v) is 4.49. The Kier molecular flexibility index (Phi) is 3.50. The van der Waals surface area contributed by atoms with E-state index in [1.165, 1.54) is 19.2 Å². The number of benzene rings is 1. The second kappa shape index (κ2) is 5.52. The maximum Gasteiger partial charge on any atom is 0.330 e. The van der Waals surface area contributed by atoms with Gasteiger partial charge in [-0.1, -0.05) is 0 Å². The maximum absolute atomic E-state index is 13.1. The molecule has 3 aliphatic heterocycles. The van der Waals surface area contributed by atoms with Crippen LogP contribution in [-0.4, -0.2) is 47.3 Å². The molecule has 0 aliphatic carbocycles. The first-order chi connectivity index (χ1) is 12.4. The Labute approximate surface area is 149 Å². The molecule has 2 saturated heterocycles. The van der Waals surface area contributed by atoms with Gasteiger partial charge < -0.3 is 4.90 Å². The molecule has 1 N–H and O–H groups in total. The van der Waals surface area contributed by atoms with E-state index >= 15 is 0 Å². The SMILES string of the molecule is CN1C(=O)NC(=O)C2(Cc3cc([N+](=O)[O-])ccc3N3CCCCC32)C1=O. The third-order valence-corrected chi connectivity index (χ3v) is 5.74. The van der Waals surface area contributed by atoms with Crippen LogP contribution in [0.3, 0.4) is 0 Å². The summed E-state index contributed by atoms with van der Waals surface area (Å²) in [4.78, 5) is 51.4. The van der Waals surface area contributed by atoms with Gasteiger partial charge in [0.15, 0.2) is 5.41 Å². The molecule has 0 radical (unpaired) electrons. The fraction of sp³-hybridized carbons (Fsp3) is 0.471. The summed E-state index contributed by atoms with van der Waals surface area (Å²) in [6.07, 6.45) is 2.49. The van der Waals surface area contributed by atoms with Crippen molar-refractivity contribution in [3.05, 3.63) is 33.9 Å². The number of amides is 4. The van der Waals surface area contributed by atoms with E-state index in [9.17, 15) is 24.5 Å². The van der Waals surface area contributed by atoms with Crippen molar-refractivity contribution >= 4 is 29.2 Å². The summed E-state index contributed by atoms with van der Waals surface area (Å²) in [6, 6.07) is 3.46. The molecule has 1 aromatic rings. The van der Waals surface area contributed by atoms with Crippen LogP contribution in [-0.2, 0) is 16.0 Å². The number of nitrogens with one attached hydrogen (secondary N) is 1. The lowest BCUT2D eigenvalue weighted by molar-refractivity contribution is -0.384. The number of anilines is 1. The van der Waals surface area contributed by atoms with Gasteiger partial charge in [0.1, 0.15) is 0 Å². The van der Waals surface area contributed by atoms with Crippen molar-refractivity contribution in [2.24, 2.45) is 5.41 Å². The Morgan fingerprint density at radius 3 is 2.77 bits per heavy atom. The molecule has 4 rings (SSSR count). The van der Waals surface area contributed by atoms with Gasteiger partial charge in [0.25, 0.3) is 5.69 Å². The third kappa shape index (κ3) is 2.06. The van der Waals surface area contributed by atoms with Crippen LogP contribution in [0.25, 0.3) is 0 Å². The van der Waals surface area contributed by atoms with Gasteiger partial charge in [-0.05, 0) is 30.9 Å². The van der Waals surface area contributed by atoms with Gasteiger partial charge in [-0.2, -0.15) is 0 Å². The number of urea groups is 1. The molecule has 2 atom stereocenters. The lowest BCUT2D eigenvalue weighted by Crippen LogP contribution is -2.72. The van der Waals surface area contributed by atoms with Gasteiger partial charge in [-0.3, -0.25) is 29.9 Å². The minimum atomic E-state index is -1.44. The van der Waals surface area contributed by atoms with Gasteiger partial charge in [0, 0.05) is 37.8 Å². The molecule has 2 unspecified atom stereocenters. The highest BCUT2D eigenvalue weighted by Crippen LogP contribution is 2.48. The predicted molar refractivity (Wildman–Crippen MR) is 90.5 cm³/mol. The molecule has 3 aliphatic rings. The summed E-state index contributed by atoms with van der Waals surface area (Å²) in [5.74, 6) is -1.15. The van der Waals surface area contributed by atoms with Crippen LogP contribution in [0, 0.1) is 15.5 Å². The van der Waals surface area contributed by atoms with E-state index in [0.29, 0.717) is 18.5 Å². The summed E-state index contributed by atoms with van der Waals surface area (Å²) in [6.45, 7) is 0.662. The summed E-state index contributed by atoms with van der Waals surface area (Å²) >= 11 is 0. The molecule has 9 heteroatoms. The van der Waals surface area contributed by atoms with Crippen molar-refractivity contribution in [3.8, 4) is 0 Å². The molecule has 1 spiro atoms. The number of imide groups is 2. The zero-order valence-electron chi connectivity index (χ0n) is 14.2. The Balaban J connectivity index is 1.90. The number of carbonyl (C=O) groups is 3. The standard InChI is InChI=1S/C17H18N4O5/c1-19-15(23)17(14(22)18-16(19)24)9-10-8-11(21(25)26)5-6-12(10)20-7-3-2-4-13(17)20/h5-6,8,13H,2-4,7,9H2,1H3,(H,18,22,24). The number of carbonyl (C=O) groups excluding carboxylic acids is 3. The Morgan fingerprint density at radius 2 is 2.04 bits per heavy atom. The Bertz CT molecular complexity index is 854. The van der Waals surface area contributed by atoms with Crippen LogP contribution >= 0.6 is 0 Å². The lowest BCUT2D eigenvalue weighted by Gasteiger charge is -2.53. The number of piperidine rings is 1. The monoisotopic (exact) mass is 358 g/mol. The molecule has 2 fully saturated rings. The average Bonchev–Trinajstić information content (AvgIpc) is 2.64. The minimum Gasteiger partial charge on any atom is -0.367 e. The number of rotatable bonds is 1. The topological polar surface area (TPSA) is 113 Å². The van der Waals surface area contributed by atoms with E-state index in [0.717, 1.165) is 23.4 Å². The first kappa shape index (κ1) is 16.5. The van der Waals surface area contributed by atoms with Gasteiger partial charge >= 0.3 is 6.03 Å². The third-order valence-electron chi connectivity index (χ3n) is 5.74. The molecule has 4 amide bonds. The second-order valence-corrected chi connectivity index (χ2v) is 7.05. The number of hydrogen-bond donors (Lipinski definition) is 1.